The van der Waals surface area contributed by atoms with Crippen molar-refractivity contribution < 1.29 is 22.4 Å². The molecule has 1 heteroatoms. The van der Waals surface area contributed by atoms with Gasteiger partial charge in [-0.2, -0.15) is 0 Å². The summed E-state index contributed by atoms with van der Waals surface area (Å²) in [4.78, 5) is 0. The van der Waals surface area contributed by atoms with Crippen molar-refractivity contribution in [3.8, 4) is 0 Å². The maximum Gasteiger partial charge on any atom is 0 e. The van der Waals surface area contributed by atoms with Crippen molar-refractivity contribution in [2.75, 3.05) is 0 Å². The second-order valence-corrected chi connectivity index (χ2v) is 3.51. The Morgan fingerprint density at radius 2 is 0.867 bits per heavy atom. The summed E-state index contributed by atoms with van der Waals surface area (Å²) in [5, 5.41) is 5.30. The van der Waals surface area contributed by atoms with Crippen LogP contribution in [0.25, 0.3) is 21.5 Å². The number of benzene rings is 3. The Morgan fingerprint density at radius 3 is 1.33 bits per heavy atom. The topological polar surface area (TPSA) is 0 Å². The summed E-state index contributed by atoms with van der Waals surface area (Å²) < 4.78 is 0. The zero-order chi connectivity index (χ0) is 9.38. The van der Waals surface area contributed by atoms with Crippen LogP contribution in [0.2, 0.25) is 0 Å². The van der Waals surface area contributed by atoms with Gasteiger partial charge < -0.3 is 0 Å². The van der Waals surface area contributed by atoms with E-state index in [0.29, 0.717) is 0 Å². The third kappa shape index (κ3) is 1.72. The molecular formula is C14H10Au. The van der Waals surface area contributed by atoms with Crippen molar-refractivity contribution in [2.24, 2.45) is 0 Å². The van der Waals surface area contributed by atoms with Gasteiger partial charge in [0.05, 0.1) is 0 Å². The number of hydrogen-bond acceptors (Lipinski definition) is 0. The van der Waals surface area contributed by atoms with Gasteiger partial charge in [0.2, 0.25) is 0 Å². The average molecular weight is 375 g/mol. The Morgan fingerprint density at radius 1 is 0.467 bits per heavy atom. The van der Waals surface area contributed by atoms with E-state index in [0.717, 1.165) is 0 Å². The third-order valence-corrected chi connectivity index (χ3v) is 2.65. The van der Waals surface area contributed by atoms with Gasteiger partial charge in [-0.3, -0.25) is 0 Å². The number of rotatable bonds is 0. The molecule has 0 aliphatic rings. The van der Waals surface area contributed by atoms with E-state index in [-0.39, 0.29) is 22.4 Å². The smallest absolute Gasteiger partial charge is 0 e. The summed E-state index contributed by atoms with van der Waals surface area (Å²) in [7, 11) is 0. The monoisotopic (exact) mass is 375 g/mol. The van der Waals surface area contributed by atoms with E-state index in [9.17, 15) is 0 Å². The minimum atomic E-state index is 0. The van der Waals surface area contributed by atoms with Gasteiger partial charge in [0, 0.05) is 22.4 Å². The molecule has 0 heterocycles. The molecule has 0 aliphatic heterocycles. The molecule has 0 unspecified atom stereocenters. The zero-order valence-corrected chi connectivity index (χ0v) is 10.2. The molecule has 0 amide bonds. The number of fused-ring (bicyclic) bond motifs is 3. The molecule has 0 nitrogen and oxygen atoms in total. The van der Waals surface area contributed by atoms with Crippen molar-refractivity contribution in [1.82, 2.24) is 0 Å². The molecule has 3 aromatic carbocycles. The van der Waals surface area contributed by atoms with Crippen molar-refractivity contribution >= 4 is 21.5 Å². The molecule has 0 saturated carbocycles. The molecule has 0 aliphatic carbocycles. The molecule has 77 valence electrons. The van der Waals surface area contributed by atoms with Crippen LogP contribution < -0.4 is 0 Å². The van der Waals surface area contributed by atoms with E-state index in [1.54, 1.807) is 0 Å². The molecule has 0 atom stereocenters. The summed E-state index contributed by atoms with van der Waals surface area (Å²) in [5.74, 6) is 0. The zero-order valence-electron chi connectivity index (χ0n) is 8.08. The van der Waals surface area contributed by atoms with E-state index in [1.165, 1.54) is 21.5 Å². The Balaban J connectivity index is 0.000000853. The fourth-order valence-electron chi connectivity index (χ4n) is 1.95. The quantitative estimate of drug-likeness (QED) is 0.412. The van der Waals surface area contributed by atoms with Crippen LogP contribution in [-0.2, 0) is 22.4 Å². The molecule has 0 fully saturated rings. The van der Waals surface area contributed by atoms with E-state index in [1.807, 2.05) is 0 Å². The maximum atomic E-state index is 2.18. The summed E-state index contributed by atoms with van der Waals surface area (Å²) in [5.41, 5.74) is 0. The van der Waals surface area contributed by atoms with Crippen LogP contribution in [-0.4, -0.2) is 0 Å². The van der Waals surface area contributed by atoms with Crippen LogP contribution in [0, 0.1) is 0 Å². The molecular weight excluding hydrogens is 365 g/mol. The van der Waals surface area contributed by atoms with Crippen LogP contribution in [0.3, 0.4) is 0 Å². The van der Waals surface area contributed by atoms with Crippen LogP contribution in [0.5, 0.6) is 0 Å². The van der Waals surface area contributed by atoms with Gasteiger partial charge in [0.1, 0.15) is 0 Å². The average Bonchev–Trinajstić information content (AvgIpc) is 2.29. The van der Waals surface area contributed by atoms with Gasteiger partial charge in [-0.15, -0.1) is 0 Å². The van der Waals surface area contributed by atoms with Gasteiger partial charge in [-0.05, 0) is 21.5 Å². The van der Waals surface area contributed by atoms with Crippen molar-refractivity contribution in [3.05, 3.63) is 60.7 Å². The summed E-state index contributed by atoms with van der Waals surface area (Å²) in [6.07, 6.45) is 0. The molecule has 0 bridgehead atoms. The third-order valence-electron chi connectivity index (χ3n) is 2.65. The van der Waals surface area contributed by atoms with Gasteiger partial charge in [-0.25, -0.2) is 0 Å². The van der Waals surface area contributed by atoms with Crippen LogP contribution >= 0.6 is 0 Å². The molecule has 15 heavy (non-hydrogen) atoms. The van der Waals surface area contributed by atoms with E-state index in [2.05, 4.69) is 60.7 Å². The molecule has 3 aromatic rings. The molecule has 0 aromatic heterocycles. The molecule has 0 saturated heterocycles. The molecule has 3 rings (SSSR count). The van der Waals surface area contributed by atoms with E-state index in [4.69, 9.17) is 0 Å². The van der Waals surface area contributed by atoms with Crippen molar-refractivity contribution in [1.29, 1.82) is 0 Å². The Labute approximate surface area is 104 Å². The maximum absolute atomic E-state index is 2.18. The first-order valence-electron chi connectivity index (χ1n) is 4.82. The van der Waals surface area contributed by atoms with Gasteiger partial charge >= 0.3 is 0 Å². The minimum Gasteiger partial charge on any atom is -0.0616 e. The first-order chi connectivity index (χ1) is 6.95. The van der Waals surface area contributed by atoms with Crippen LogP contribution in [0.15, 0.2) is 60.7 Å². The second kappa shape index (κ2) is 4.19. The SMILES string of the molecule is [Au].c1ccc2c(c1)ccc1ccccc12. The second-order valence-electron chi connectivity index (χ2n) is 3.51. The minimum absolute atomic E-state index is 0. The van der Waals surface area contributed by atoms with Crippen LogP contribution in [0.4, 0.5) is 0 Å². The van der Waals surface area contributed by atoms with Gasteiger partial charge in [0.15, 0.2) is 0 Å². The Bertz CT molecular complexity index is 544. The number of hydrogen-bond donors (Lipinski definition) is 0. The van der Waals surface area contributed by atoms with Gasteiger partial charge in [0.25, 0.3) is 0 Å². The Hall–Kier alpha value is -1.08. The van der Waals surface area contributed by atoms with E-state index >= 15 is 0 Å². The summed E-state index contributed by atoms with van der Waals surface area (Å²) >= 11 is 0. The summed E-state index contributed by atoms with van der Waals surface area (Å²) in [6.45, 7) is 0. The van der Waals surface area contributed by atoms with Gasteiger partial charge in [-0.1, -0.05) is 60.7 Å². The standard InChI is InChI=1S/C14H10.Au/c1-3-7-13-11(5-1)9-10-12-6-2-4-8-14(12)13;/h1-10H;. The predicted octanol–water partition coefficient (Wildman–Crippen LogP) is 3.99. The molecule has 0 spiro atoms. The Kier molecular flexibility index (Phi) is 2.92. The largest absolute Gasteiger partial charge is 0.0616 e. The summed E-state index contributed by atoms with van der Waals surface area (Å²) in [6, 6.07) is 21.4. The predicted molar refractivity (Wildman–Crippen MR) is 61.5 cm³/mol. The fraction of sp³-hybridized carbons (Fsp3) is 0. The normalized spacial score (nSPS) is 10.1. The van der Waals surface area contributed by atoms with Crippen molar-refractivity contribution in [2.45, 2.75) is 0 Å². The molecule has 0 N–H and O–H groups in total. The fourth-order valence-corrected chi connectivity index (χ4v) is 1.95. The van der Waals surface area contributed by atoms with Crippen LogP contribution in [0.1, 0.15) is 0 Å². The van der Waals surface area contributed by atoms with Crippen molar-refractivity contribution in [3.63, 3.8) is 0 Å². The van der Waals surface area contributed by atoms with E-state index < -0.39 is 0 Å². The first-order valence-corrected chi connectivity index (χ1v) is 4.82. The first kappa shape index (κ1) is 10.4. The molecule has 1 radical (unpaired) electrons.